The fourth-order valence-corrected chi connectivity index (χ4v) is 3.74. The van der Waals surface area contributed by atoms with Crippen molar-refractivity contribution < 1.29 is 13.3 Å². The molecule has 1 aliphatic heterocycles. The summed E-state index contributed by atoms with van der Waals surface area (Å²) < 4.78 is 16.2. The maximum Gasteiger partial charge on any atom is 0.501 e. The van der Waals surface area contributed by atoms with E-state index in [9.17, 15) is 0 Å². The van der Waals surface area contributed by atoms with E-state index in [2.05, 4.69) is 4.90 Å². The first-order valence-corrected chi connectivity index (χ1v) is 7.57. The molecule has 1 aliphatic rings. The number of hydrogen-bond donors (Lipinski definition) is 0. The van der Waals surface area contributed by atoms with Crippen LogP contribution in [0.2, 0.25) is 6.04 Å². The predicted molar refractivity (Wildman–Crippen MR) is 61.9 cm³/mol. The minimum absolute atomic E-state index is 0.885. The topological polar surface area (TPSA) is 30.9 Å². The molecule has 0 spiro atoms. The van der Waals surface area contributed by atoms with Crippen LogP contribution in [0.15, 0.2) is 0 Å². The van der Waals surface area contributed by atoms with Crippen LogP contribution in [0, 0.1) is 0 Å². The third-order valence-corrected chi connectivity index (χ3v) is 5.82. The second-order valence-corrected chi connectivity index (χ2v) is 7.04. The summed E-state index contributed by atoms with van der Waals surface area (Å²) in [6, 6.07) is 0.885. The minimum atomic E-state index is -2.34. The van der Waals surface area contributed by atoms with Crippen molar-refractivity contribution in [2.45, 2.75) is 25.3 Å². The molecule has 0 unspecified atom stereocenters. The first kappa shape index (κ1) is 13.1. The largest absolute Gasteiger partial charge is 0.501 e. The maximum absolute atomic E-state index is 5.40. The van der Waals surface area contributed by atoms with Crippen LogP contribution in [0.1, 0.15) is 19.3 Å². The van der Waals surface area contributed by atoms with E-state index in [0.717, 1.165) is 12.6 Å². The summed E-state index contributed by atoms with van der Waals surface area (Å²) >= 11 is 0. The third-order valence-electron chi connectivity index (χ3n) is 3.12. The smallest absolute Gasteiger partial charge is 0.377 e. The van der Waals surface area contributed by atoms with Crippen molar-refractivity contribution >= 4 is 8.80 Å². The Morgan fingerprint density at radius 3 is 1.93 bits per heavy atom. The monoisotopic (exact) mass is 233 g/mol. The summed E-state index contributed by atoms with van der Waals surface area (Å²) in [5.41, 5.74) is 0. The molecule has 0 bridgehead atoms. The van der Waals surface area contributed by atoms with Gasteiger partial charge in [0.15, 0.2) is 0 Å². The van der Waals surface area contributed by atoms with Gasteiger partial charge in [-0.15, -0.1) is 0 Å². The highest BCUT2D eigenvalue weighted by Gasteiger charge is 2.37. The van der Waals surface area contributed by atoms with Gasteiger partial charge in [0.25, 0.3) is 0 Å². The number of nitrogens with zero attached hydrogens (tertiary/aromatic N) is 1. The van der Waals surface area contributed by atoms with Crippen molar-refractivity contribution in [3.63, 3.8) is 0 Å². The van der Waals surface area contributed by atoms with Gasteiger partial charge in [-0.25, -0.2) is 0 Å². The molecule has 4 nitrogen and oxygen atoms in total. The van der Waals surface area contributed by atoms with E-state index in [4.69, 9.17) is 13.3 Å². The number of piperidine rings is 1. The predicted octanol–water partition coefficient (Wildman–Crippen LogP) is 1.35. The van der Waals surface area contributed by atoms with Crippen LogP contribution in [0.3, 0.4) is 0 Å². The second-order valence-electron chi connectivity index (χ2n) is 3.95. The fraction of sp³-hybridized carbons (Fsp3) is 1.00. The molecule has 0 radical (unpaired) electrons. The molecule has 1 saturated heterocycles. The van der Waals surface area contributed by atoms with Crippen molar-refractivity contribution in [1.82, 2.24) is 4.90 Å². The molecule has 1 rings (SSSR count). The van der Waals surface area contributed by atoms with Crippen LogP contribution < -0.4 is 0 Å². The highest BCUT2D eigenvalue weighted by molar-refractivity contribution is 6.60. The summed E-state index contributed by atoms with van der Waals surface area (Å²) in [7, 11) is 2.69. The quantitative estimate of drug-likeness (QED) is 0.648. The van der Waals surface area contributed by atoms with E-state index in [-0.39, 0.29) is 0 Å². The highest BCUT2D eigenvalue weighted by atomic mass is 28.4. The van der Waals surface area contributed by atoms with Crippen LogP contribution in [-0.2, 0) is 13.3 Å². The molecular formula is C10H23NO3Si. The maximum atomic E-state index is 5.40. The van der Waals surface area contributed by atoms with E-state index < -0.39 is 8.80 Å². The van der Waals surface area contributed by atoms with Gasteiger partial charge < -0.3 is 18.2 Å². The average Bonchev–Trinajstić information content (AvgIpc) is 2.33. The molecule has 1 heterocycles. The summed E-state index contributed by atoms with van der Waals surface area (Å²) in [6.45, 7) is 3.45. The zero-order chi connectivity index (χ0) is 11.1. The summed E-state index contributed by atoms with van der Waals surface area (Å²) in [6.07, 6.45) is 4.01. The van der Waals surface area contributed by atoms with Gasteiger partial charge in [0, 0.05) is 33.9 Å². The first-order chi connectivity index (χ1) is 7.26. The van der Waals surface area contributed by atoms with Crippen LogP contribution in [0.25, 0.3) is 0 Å². The van der Waals surface area contributed by atoms with Gasteiger partial charge in [0.2, 0.25) is 0 Å². The van der Waals surface area contributed by atoms with E-state index in [0.29, 0.717) is 0 Å². The summed E-state index contributed by atoms with van der Waals surface area (Å²) in [4.78, 5) is 2.47. The van der Waals surface area contributed by atoms with Crippen LogP contribution in [-0.4, -0.2) is 54.7 Å². The van der Waals surface area contributed by atoms with Gasteiger partial charge in [-0.2, -0.15) is 0 Å². The molecule has 0 aromatic carbocycles. The molecule has 90 valence electrons. The van der Waals surface area contributed by atoms with Crippen LogP contribution >= 0.6 is 0 Å². The van der Waals surface area contributed by atoms with E-state index in [1.165, 1.54) is 32.4 Å². The van der Waals surface area contributed by atoms with E-state index in [1.54, 1.807) is 21.3 Å². The Labute approximate surface area is 93.9 Å². The lowest BCUT2D eigenvalue weighted by Gasteiger charge is -2.30. The van der Waals surface area contributed by atoms with Gasteiger partial charge in [0.05, 0.1) is 0 Å². The highest BCUT2D eigenvalue weighted by Crippen LogP contribution is 2.16. The summed E-state index contributed by atoms with van der Waals surface area (Å²) in [5, 5.41) is 0. The SMILES string of the molecule is CO[Si](CCN1CCCCC1)(OC)OC. The minimum Gasteiger partial charge on any atom is -0.377 e. The first-order valence-electron chi connectivity index (χ1n) is 5.64. The molecular weight excluding hydrogens is 210 g/mol. The Morgan fingerprint density at radius 2 is 1.47 bits per heavy atom. The van der Waals surface area contributed by atoms with Gasteiger partial charge in [-0.3, -0.25) is 0 Å². The van der Waals surface area contributed by atoms with Gasteiger partial charge in [-0.1, -0.05) is 6.42 Å². The lowest BCUT2D eigenvalue weighted by atomic mass is 10.1. The second kappa shape index (κ2) is 6.60. The number of hydrogen-bond acceptors (Lipinski definition) is 4. The summed E-state index contributed by atoms with van der Waals surface area (Å²) in [5.74, 6) is 0. The van der Waals surface area contributed by atoms with E-state index in [1.807, 2.05) is 0 Å². The van der Waals surface area contributed by atoms with Crippen molar-refractivity contribution in [2.24, 2.45) is 0 Å². The zero-order valence-corrected chi connectivity index (χ0v) is 11.1. The van der Waals surface area contributed by atoms with Gasteiger partial charge in [0.1, 0.15) is 0 Å². The molecule has 15 heavy (non-hydrogen) atoms. The van der Waals surface area contributed by atoms with E-state index >= 15 is 0 Å². The molecule has 0 aromatic rings. The molecule has 1 fully saturated rings. The molecule has 0 N–H and O–H groups in total. The molecule has 0 aromatic heterocycles. The standard InChI is InChI=1S/C10H23NO3Si/c1-12-15(13-2,14-3)10-9-11-7-5-4-6-8-11/h4-10H2,1-3H3. The number of rotatable bonds is 6. The Bertz CT molecular complexity index is 162. The molecule has 5 heteroatoms. The molecule has 0 aliphatic carbocycles. The lowest BCUT2D eigenvalue weighted by molar-refractivity contribution is 0.116. The van der Waals surface area contributed by atoms with Crippen LogP contribution in [0.5, 0.6) is 0 Å². The van der Waals surface area contributed by atoms with Crippen molar-refractivity contribution in [1.29, 1.82) is 0 Å². The van der Waals surface area contributed by atoms with Crippen molar-refractivity contribution in [3.05, 3.63) is 0 Å². The number of likely N-dealkylation sites (tertiary alicyclic amines) is 1. The van der Waals surface area contributed by atoms with Crippen LogP contribution in [0.4, 0.5) is 0 Å². The Hall–Kier alpha value is 0.0569. The Morgan fingerprint density at radius 1 is 0.933 bits per heavy atom. The van der Waals surface area contributed by atoms with Crippen molar-refractivity contribution in [2.75, 3.05) is 41.0 Å². The normalized spacial score (nSPS) is 19.4. The Balaban J connectivity index is 2.31. The average molecular weight is 233 g/mol. The van der Waals surface area contributed by atoms with Gasteiger partial charge >= 0.3 is 8.80 Å². The molecule has 0 saturated carbocycles. The zero-order valence-electron chi connectivity index (χ0n) is 10.1. The Kier molecular flexibility index (Phi) is 5.77. The third kappa shape index (κ3) is 3.84. The lowest BCUT2D eigenvalue weighted by Crippen LogP contribution is -2.46. The van der Waals surface area contributed by atoms with Gasteiger partial charge in [-0.05, 0) is 25.9 Å². The molecule has 0 atom stereocenters. The molecule has 0 amide bonds. The van der Waals surface area contributed by atoms with Crippen molar-refractivity contribution in [3.8, 4) is 0 Å². The fourth-order valence-electron chi connectivity index (χ4n) is 2.03.